The summed E-state index contributed by atoms with van der Waals surface area (Å²) < 4.78 is 4.99. The van der Waals surface area contributed by atoms with Gasteiger partial charge in [-0.2, -0.15) is 0 Å². The third-order valence-electron chi connectivity index (χ3n) is 8.93. The van der Waals surface area contributed by atoms with Gasteiger partial charge < -0.3 is 31.7 Å². The summed E-state index contributed by atoms with van der Waals surface area (Å²) in [6, 6.07) is 17.0. The fourth-order valence-electron chi connectivity index (χ4n) is 6.05. The topological polar surface area (TPSA) is 181 Å². The zero-order valence-electron chi connectivity index (χ0n) is 30.0. The second-order valence-corrected chi connectivity index (χ2v) is 13.5. The molecule has 0 radical (unpaired) electrons. The standard InChI is InChI=1S/C39H44Cl2N8O5/c1-54-39(53)33-11-2-3-20-49(33)24-26-14-16-32(46-23-26)38(52)48-30-10-5-8-28(36(30)41)27-7-4-9-29(35(27)40)47-37(51)31-15-13-25(22-45-31)21-43-18-19-44-34(50)12-6-17-42/h4-5,7-10,13-16,22-23,33,43H,2-3,6,11-12,17-21,24,42H2,1H3,(H,44,50)(H,47,51)(H,48,52)/t33-/m0/s1. The number of pyridine rings is 2. The molecule has 54 heavy (non-hydrogen) atoms. The van der Waals surface area contributed by atoms with E-state index >= 15 is 0 Å². The van der Waals surface area contributed by atoms with Crippen molar-refractivity contribution in [1.29, 1.82) is 0 Å². The van der Waals surface area contributed by atoms with Crippen molar-refractivity contribution in [3.63, 3.8) is 0 Å². The number of esters is 1. The molecule has 1 aliphatic heterocycles. The van der Waals surface area contributed by atoms with Crippen molar-refractivity contribution < 1.29 is 23.9 Å². The number of methoxy groups -OCH3 is 1. The Kier molecular flexibility index (Phi) is 14.9. The Labute approximate surface area is 324 Å². The second-order valence-electron chi connectivity index (χ2n) is 12.8. The maximum atomic E-state index is 13.2. The van der Waals surface area contributed by atoms with Crippen LogP contribution in [0.4, 0.5) is 11.4 Å². The number of hydrogen-bond donors (Lipinski definition) is 5. The lowest BCUT2D eigenvalue weighted by atomic mass is 10.0. The van der Waals surface area contributed by atoms with Crippen LogP contribution in [-0.4, -0.2) is 77.9 Å². The Morgan fingerprint density at radius 2 is 1.44 bits per heavy atom. The molecular formula is C39H44Cl2N8O5. The fourth-order valence-corrected chi connectivity index (χ4v) is 6.60. The minimum Gasteiger partial charge on any atom is -0.468 e. The van der Waals surface area contributed by atoms with Gasteiger partial charge in [0.1, 0.15) is 17.4 Å². The van der Waals surface area contributed by atoms with Crippen LogP contribution in [0.2, 0.25) is 10.0 Å². The van der Waals surface area contributed by atoms with Gasteiger partial charge in [-0.1, -0.05) is 66.0 Å². The van der Waals surface area contributed by atoms with Gasteiger partial charge >= 0.3 is 5.97 Å². The molecule has 3 heterocycles. The van der Waals surface area contributed by atoms with Gasteiger partial charge in [0.25, 0.3) is 11.8 Å². The number of halogens is 2. The Hall–Kier alpha value is -4.92. The molecule has 0 bridgehead atoms. The van der Waals surface area contributed by atoms with E-state index in [2.05, 4.69) is 36.1 Å². The van der Waals surface area contributed by atoms with Crippen LogP contribution in [0.3, 0.4) is 0 Å². The number of aromatic nitrogens is 2. The molecule has 1 saturated heterocycles. The quantitative estimate of drug-likeness (QED) is 0.0728. The first-order valence-corrected chi connectivity index (χ1v) is 18.5. The van der Waals surface area contributed by atoms with Gasteiger partial charge in [-0.3, -0.25) is 34.0 Å². The normalized spacial score (nSPS) is 14.3. The van der Waals surface area contributed by atoms with Crippen LogP contribution in [0.25, 0.3) is 11.1 Å². The first-order valence-electron chi connectivity index (χ1n) is 17.8. The maximum Gasteiger partial charge on any atom is 0.323 e. The minimum atomic E-state index is -0.449. The largest absolute Gasteiger partial charge is 0.468 e. The van der Waals surface area contributed by atoms with Crippen LogP contribution in [0.5, 0.6) is 0 Å². The number of ether oxygens (including phenoxy) is 1. The van der Waals surface area contributed by atoms with E-state index in [1.807, 2.05) is 6.07 Å². The molecule has 5 rings (SSSR count). The number of anilines is 2. The van der Waals surface area contributed by atoms with Crippen molar-refractivity contribution in [3.8, 4) is 11.1 Å². The van der Waals surface area contributed by atoms with Crippen LogP contribution >= 0.6 is 23.2 Å². The molecule has 13 nitrogen and oxygen atoms in total. The van der Waals surface area contributed by atoms with Crippen molar-refractivity contribution >= 4 is 58.3 Å². The van der Waals surface area contributed by atoms with Gasteiger partial charge in [-0.15, -0.1) is 0 Å². The SMILES string of the molecule is COC(=O)[C@@H]1CCCCN1Cc1ccc(C(=O)Nc2cccc(-c3cccc(NC(=O)c4ccc(CNCCNC(=O)CCCN)cn4)c3Cl)c2Cl)nc1. The van der Waals surface area contributed by atoms with Crippen molar-refractivity contribution in [2.45, 2.75) is 51.2 Å². The Morgan fingerprint density at radius 1 is 0.833 bits per heavy atom. The number of likely N-dealkylation sites (tertiary alicyclic amines) is 1. The minimum absolute atomic E-state index is 0.0242. The summed E-state index contributed by atoms with van der Waals surface area (Å²) in [5, 5.41) is 12.2. The number of amides is 3. The highest BCUT2D eigenvalue weighted by Gasteiger charge is 2.29. The van der Waals surface area contributed by atoms with E-state index in [1.54, 1.807) is 67.0 Å². The third kappa shape index (κ3) is 10.8. The molecule has 2 aromatic carbocycles. The zero-order chi connectivity index (χ0) is 38.5. The van der Waals surface area contributed by atoms with Crippen LogP contribution in [0.1, 0.15) is 64.2 Å². The molecule has 1 aliphatic rings. The monoisotopic (exact) mass is 774 g/mol. The second kappa shape index (κ2) is 20.0. The Morgan fingerprint density at radius 3 is 2.00 bits per heavy atom. The summed E-state index contributed by atoms with van der Waals surface area (Å²) in [6.07, 6.45) is 7.04. The van der Waals surface area contributed by atoms with Crippen LogP contribution in [-0.2, 0) is 27.4 Å². The Balaban J connectivity index is 1.18. The number of piperidine rings is 1. The molecule has 3 amide bonds. The molecule has 4 aromatic rings. The van der Waals surface area contributed by atoms with Crippen LogP contribution < -0.4 is 27.0 Å². The third-order valence-corrected chi connectivity index (χ3v) is 9.75. The van der Waals surface area contributed by atoms with E-state index in [4.69, 9.17) is 33.7 Å². The Bertz CT molecular complexity index is 1930. The van der Waals surface area contributed by atoms with Gasteiger partial charge in [0, 0.05) is 56.1 Å². The van der Waals surface area contributed by atoms with Crippen molar-refractivity contribution in [1.82, 2.24) is 25.5 Å². The van der Waals surface area contributed by atoms with E-state index in [-0.39, 0.29) is 39.4 Å². The molecule has 15 heteroatoms. The summed E-state index contributed by atoms with van der Waals surface area (Å²) >= 11 is 13.6. The number of hydrogen-bond acceptors (Lipinski definition) is 10. The smallest absolute Gasteiger partial charge is 0.323 e. The highest BCUT2D eigenvalue weighted by molar-refractivity contribution is 6.40. The lowest BCUT2D eigenvalue weighted by Crippen LogP contribution is -2.44. The van der Waals surface area contributed by atoms with Crippen molar-refractivity contribution in [3.05, 3.63) is 106 Å². The first-order chi connectivity index (χ1) is 26.2. The molecule has 6 N–H and O–H groups in total. The van der Waals surface area contributed by atoms with Crippen molar-refractivity contribution in [2.24, 2.45) is 5.73 Å². The summed E-state index contributed by atoms with van der Waals surface area (Å²) in [6.45, 7) is 3.37. The molecule has 284 valence electrons. The van der Waals surface area contributed by atoms with E-state index in [0.717, 1.165) is 36.9 Å². The average Bonchev–Trinajstić information content (AvgIpc) is 3.19. The number of rotatable bonds is 16. The fraction of sp³-hybridized carbons (Fsp3) is 0.333. The number of benzene rings is 2. The van der Waals surface area contributed by atoms with Crippen LogP contribution in [0.15, 0.2) is 73.1 Å². The number of carbonyl (C=O) groups is 4. The lowest BCUT2D eigenvalue weighted by molar-refractivity contribution is -0.148. The summed E-state index contributed by atoms with van der Waals surface area (Å²) in [4.78, 5) is 61.0. The van der Waals surface area contributed by atoms with Gasteiger partial charge in [-0.25, -0.2) is 0 Å². The first kappa shape index (κ1) is 40.3. The summed E-state index contributed by atoms with van der Waals surface area (Å²) in [5.74, 6) is -1.16. The van der Waals surface area contributed by atoms with Gasteiger partial charge in [0.05, 0.1) is 28.5 Å². The van der Waals surface area contributed by atoms with E-state index < -0.39 is 11.8 Å². The van der Waals surface area contributed by atoms with Crippen LogP contribution in [0, 0.1) is 0 Å². The number of carbonyl (C=O) groups excluding carboxylic acids is 4. The number of nitrogens with zero attached hydrogens (tertiary/aromatic N) is 3. The van der Waals surface area contributed by atoms with Crippen molar-refractivity contribution in [2.75, 3.05) is 43.9 Å². The highest BCUT2D eigenvalue weighted by atomic mass is 35.5. The van der Waals surface area contributed by atoms with Gasteiger partial charge in [0.2, 0.25) is 5.91 Å². The van der Waals surface area contributed by atoms with Gasteiger partial charge in [0.15, 0.2) is 0 Å². The van der Waals surface area contributed by atoms with Gasteiger partial charge in [-0.05, 0) is 67.7 Å². The average molecular weight is 776 g/mol. The number of nitrogens with two attached hydrogens (primary N) is 1. The zero-order valence-corrected chi connectivity index (χ0v) is 31.5. The summed E-state index contributed by atoms with van der Waals surface area (Å²) in [7, 11) is 1.40. The van der Waals surface area contributed by atoms with E-state index in [0.29, 0.717) is 68.1 Å². The molecule has 0 aliphatic carbocycles. The summed E-state index contributed by atoms with van der Waals surface area (Å²) in [5.41, 5.74) is 9.39. The highest BCUT2D eigenvalue weighted by Crippen LogP contribution is 2.40. The molecule has 0 spiro atoms. The maximum absolute atomic E-state index is 13.2. The molecule has 2 aromatic heterocycles. The predicted octanol–water partition coefficient (Wildman–Crippen LogP) is 5.43. The van der Waals surface area contributed by atoms with E-state index in [9.17, 15) is 19.2 Å². The molecule has 0 unspecified atom stereocenters. The lowest BCUT2D eigenvalue weighted by Gasteiger charge is -2.33. The molecule has 0 saturated carbocycles. The molecular weight excluding hydrogens is 731 g/mol. The number of nitrogens with one attached hydrogen (secondary N) is 4. The molecule has 1 atom stereocenters. The predicted molar refractivity (Wildman–Crippen MR) is 209 cm³/mol. The molecule has 1 fully saturated rings. The van der Waals surface area contributed by atoms with E-state index in [1.165, 1.54) is 7.11 Å².